The lowest BCUT2D eigenvalue weighted by Gasteiger charge is -2.22. The summed E-state index contributed by atoms with van der Waals surface area (Å²) in [4.78, 5) is 12.1. The average Bonchev–Trinajstić information content (AvgIpc) is 2.41. The Morgan fingerprint density at radius 3 is 2.65 bits per heavy atom. The predicted molar refractivity (Wildman–Crippen MR) is 84.8 cm³/mol. The first-order valence-electron chi connectivity index (χ1n) is 7.18. The fraction of sp³-hybridized carbons (Fsp3) is 0.600. The van der Waals surface area contributed by atoms with E-state index in [1.807, 2.05) is 0 Å². The molecule has 1 N–H and O–H groups in total. The summed E-state index contributed by atoms with van der Waals surface area (Å²) in [6, 6.07) is 0.427. The molecule has 0 bridgehead atoms. The second-order valence-electron chi connectivity index (χ2n) is 5.23. The van der Waals surface area contributed by atoms with Gasteiger partial charge in [0.2, 0.25) is 0 Å². The van der Waals surface area contributed by atoms with Gasteiger partial charge in [0.25, 0.3) is 5.56 Å². The van der Waals surface area contributed by atoms with Gasteiger partial charge in [-0.05, 0) is 28.8 Å². The number of nitrogens with zero attached hydrogens (tertiary/aromatic N) is 2. The third kappa shape index (κ3) is 3.86. The Labute approximate surface area is 128 Å². The molecule has 1 fully saturated rings. The minimum absolute atomic E-state index is 0.182. The molecule has 0 saturated heterocycles. The third-order valence-electron chi connectivity index (χ3n) is 3.69. The second-order valence-corrected chi connectivity index (χ2v) is 6.02. The summed E-state index contributed by atoms with van der Waals surface area (Å²) in [5.74, 6) is 2.43. The van der Waals surface area contributed by atoms with Gasteiger partial charge in [0.15, 0.2) is 0 Å². The van der Waals surface area contributed by atoms with Gasteiger partial charge >= 0.3 is 0 Å². The summed E-state index contributed by atoms with van der Waals surface area (Å²) in [7, 11) is 0. The summed E-state index contributed by atoms with van der Waals surface area (Å²) < 4.78 is 1.80. The molecule has 1 aliphatic rings. The molecule has 0 atom stereocenters. The van der Waals surface area contributed by atoms with Crippen molar-refractivity contribution in [2.75, 3.05) is 5.32 Å². The number of terminal acetylenes is 1. The normalized spacial score (nSPS) is 17.0. The fourth-order valence-corrected chi connectivity index (χ4v) is 3.01. The molecule has 1 saturated carbocycles. The highest BCUT2D eigenvalue weighted by molar-refractivity contribution is 9.10. The molecule has 1 aromatic heterocycles. The van der Waals surface area contributed by atoms with Crippen molar-refractivity contribution < 1.29 is 0 Å². The smallest absolute Gasteiger partial charge is 0.284 e. The van der Waals surface area contributed by atoms with Crippen LogP contribution in [0.3, 0.4) is 0 Å². The molecule has 0 amide bonds. The zero-order chi connectivity index (χ0) is 14.4. The zero-order valence-corrected chi connectivity index (χ0v) is 13.2. The Kier molecular flexibility index (Phi) is 5.66. The van der Waals surface area contributed by atoms with E-state index in [2.05, 4.69) is 32.3 Å². The van der Waals surface area contributed by atoms with Crippen LogP contribution in [0.1, 0.15) is 44.9 Å². The van der Waals surface area contributed by atoms with Gasteiger partial charge in [-0.3, -0.25) is 4.79 Å². The van der Waals surface area contributed by atoms with Crippen LogP contribution in [0.25, 0.3) is 0 Å². The van der Waals surface area contributed by atoms with Gasteiger partial charge in [-0.15, -0.1) is 6.42 Å². The summed E-state index contributed by atoms with van der Waals surface area (Å²) in [5, 5.41) is 7.56. The van der Waals surface area contributed by atoms with Crippen LogP contribution in [0.2, 0.25) is 0 Å². The molecule has 5 heteroatoms. The number of rotatable bonds is 3. The van der Waals surface area contributed by atoms with E-state index < -0.39 is 0 Å². The summed E-state index contributed by atoms with van der Waals surface area (Å²) in [5.41, 5.74) is 0.590. The van der Waals surface area contributed by atoms with Gasteiger partial charge < -0.3 is 5.32 Å². The van der Waals surface area contributed by atoms with Crippen LogP contribution in [0.15, 0.2) is 15.5 Å². The lowest BCUT2D eigenvalue weighted by Crippen LogP contribution is -2.27. The third-order valence-corrected chi connectivity index (χ3v) is 4.46. The molecule has 20 heavy (non-hydrogen) atoms. The maximum Gasteiger partial charge on any atom is 0.284 e. The lowest BCUT2D eigenvalue weighted by atomic mass is 9.96. The van der Waals surface area contributed by atoms with Crippen molar-refractivity contribution in [1.82, 2.24) is 9.78 Å². The first kappa shape index (κ1) is 15.1. The molecule has 1 heterocycles. The van der Waals surface area contributed by atoms with E-state index in [1.165, 1.54) is 36.8 Å². The van der Waals surface area contributed by atoms with Crippen LogP contribution in [-0.4, -0.2) is 15.8 Å². The molecular weight excluding hydrogens is 318 g/mol. The Morgan fingerprint density at radius 2 is 2.00 bits per heavy atom. The minimum atomic E-state index is -0.182. The van der Waals surface area contributed by atoms with Crippen molar-refractivity contribution in [2.45, 2.75) is 57.5 Å². The Bertz CT molecular complexity index is 539. The molecule has 0 spiro atoms. The highest BCUT2D eigenvalue weighted by Crippen LogP contribution is 2.23. The number of halogens is 1. The van der Waals surface area contributed by atoms with Crippen LogP contribution in [0.5, 0.6) is 0 Å². The van der Waals surface area contributed by atoms with Crippen molar-refractivity contribution in [1.29, 1.82) is 0 Å². The Balaban J connectivity index is 2.10. The minimum Gasteiger partial charge on any atom is -0.380 e. The first-order chi connectivity index (χ1) is 9.72. The quantitative estimate of drug-likeness (QED) is 0.861. The largest absolute Gasteiger partial charge is 0.380 e. The molecule has 4 nitrogen and oxygen atoms in total. The number of nitrogens with one attached hydrogen (secondary N) is 1. The number of hydrogen-bond donors (Lipinski definition) is 1. The molecule has 1 aromatic rings. The standard InChI is InChI=1S/C15H20BrN3O/c1-2-10-19-15(20)14(16)13(11-17-19)18-12-8-6-4-3-5-7-9-12/h1,11-12,18H,3-10H2. The van der Waals surface area contributed by atoms with Gasteiger partial charge in [-0.2, -0.15) is 5.10 Å². The number of aromatic nitrogens is 2. The van der Waals surface area contributed by atoms with Crippen LogP contribution in [0, 0.1) is 12.3 Å². The Morgan fingerprint density at radius 1 is 1.35 bits per heavy atom. The second kappa shape index (κ2) is 7.49. The van der Waals surface area contributed by atoms with E-state index in [9.17, 15) is 4.79 Å². The van der Waals surface area contributed by atoms with E-state index in [0.717, 1.165) is 18.5 Å². The van der Waals surface area contributed by atoms with Gasteiger partial charge in [-0.1, -0.05) is 38.0 Å². The van der Waals surface area contributed by atoms with Crippen molar-refractivity contribution in [2.24, 2.45) is 0 Å². The number of hydrogen-bond acceptors (Lipinski definition) is 3. The van der Waals surface area contributed by atoms with E-state index in [1.54, 1.807) is 6.20 Å². The van der Waals surface area contributed by atoms with Gasteiger partial charge in [0.1, 0.15) is 11.0 Å². The maximum absolute atomic E-state index is 12.1. The van der Waals surface area contributed by atoms with Crippen LogP contribution in [0.4, 0.5) is 5.69 Å². The molecule has 2 rings (SSSR count). The summed E-state index contributed by atoms with van der Waals surface area (Å²) >= 11 is 3.36. The predicted octanol–water partition coefficient (Wildman–Crippen LogP) is 3.16. The van der Waals surface area contributed by atoms with Crippen LogP contribution < -0.4 is 10.9 Å². The summed E-state index contributed by atoms with van der Waals surface area (Å²) in [6.45, 7) is 0.196. The van der Waals surface area contributed by atoms with E-state index in [0.29, 0.717) is 10.5 Å². The van der Waals surface area contributed by atoms with E-state index >= 15 is 0 Å². The molecule has 0 aliphatic heterocycles. The van der Waals surface area contributed by atoms with Gasteiger partial charge in [-0.25, -0.2) is 4.68 Å². The zero-order valence-electron chi connectivity index (χ0n) is 11.6. The number of anilines is 1. The van der Waals surface area contributed by atoms with E-state index in [-0.39, 0.29) is 12.1 Å². The molecule has 108 valence electrons. The monoisotopic (exact) mass is 337 g/mol. The van der Waals surface area contributed by atoms with Crippen LogP contribution in [-0.2, 0) is 6.54 Å². The first-order valence-corrected chi connectivity index (χ1v) is 7.97. The highest BCUT2D eigenvalue weighted by Gasteiger charge is 2.14. The Hall–Kier alpha value is -1.28. The van der Waals surface area contributed by atoms with Gasteiger partial charge in [0, 0.05) is 6.04 Å². The lowest BCUT2D eigenvalue weighted by molar-refractivity contribution is 0.471. The fourth-order valence-electron chi connectivity index (χ4n) is 2.59. The summed E-state index contributed by atoms with van der Waals surface area (Å²) in [6.07, 6.45) is 15.7. The molecular formula is C15H20BrN3O. The van der Waals surface area contributed by atoms with Crippen molar-refractivity contribution in [3.05, 3.63) is 21.0 Å². The van der Waals surface area contributed by atoms with Crippen molar-refractivity contribution in [3.63, 3.8) is 0 Å². The molecule has 0 unspecified atom stereocenters. The maximum atomic E-state index is 12.1. The molecule has 0 aromatic carbocycles. The van der Waals surface area contributed by atoms with Crippen LogP contribution >= 0.6 is 15.9 Å². The van der Waals surface area contributed by atoms with Crippen molar-refractivity contribution >= 4 is 21.6 Å². The van der Waals surface area contributed by atoms with E-state index in [4.69, 9.17) is 6.42 Å². The van der Waals surface area contributed by atoms with Gasteiger partial charge in [0.05, 0.1) is 11.9 Å². The molecule has 0 radical (unpaired) electrons. The van der Waals surface area contributed by atoms with Crippen molar-refractivity contribution in [3.8, 4) is 12.3 Å². The average molecular weight is 338 g/mol. The highest BCUT2D eigenvalue weighted by atomic mass is 79.9. The SMILES string of the molecule is C#CCn1ncc(NC2CCCCCCC2)c(Br)c1=O. The molecule has 1 aliphatic carbocycles. The topological polar surface area (TPSA) is 46.9 Å².